The van der Waals surface area contributed by atoms with Gasteiger partial charge in [-0.3, -0.25) is 4.79 Å². The van der Waals surface area contributed by atoms with Crippen LogP contribution in [-0.4, -0.2) is 35.5 Å². The highest BCUT2D eigenvalue weighted by Gasteiger charge is 2.49. The van der Waals surface area contributed by atoms with E-state index in [4.69, 9.17) is 9.84 Å². The van der Waals surface area contributed by atoms with Gasteiger partial charge in [-0.25, -0.2) is 0 Å². The second-order valence-electron chi connectivity index (χ2n) is 5.54. The van der Waals surface area contributed by atoms with Gasteiger partial charge in [0.25, 0.3) is 0 Å². The van der Waals surface area contributed by atoms with E-state index in [-0.39, 0.29) is 12.7 Å². The van der Waals surface area contributed by atoms with Gasteiger partial charge in [-0.2, -0.15) is 0 Å². The first kappa shape index (κ1) is 13.8. The average Bonchev–Trinajstić information content (AvgIpc) is 2.41. The Morgan fingerprint density at radius 3 is 2.56 bits per heavy atom. The van der Waals surface area contributed by atoms with E-state index in [9.17, 15) is 9.90 Å². The molecule has 0 bridgehead atoms. The van der Waals surface area contributed by atoms with Crippen LogP contribution in [0.2, 0.25) is 0 Å². The summed E-state index contributed by atoms with van der Waals surface area (Å²) in [7, 11) is 0. The molecule has 0 unspecified atom stereocenters. The van der Waals surface area contributed by atoms with Crippen molar-refractivity contribution in [2.45, 2.75) is 57.5 Å². The Labute approximate surface area is 108 Å². The van der Waals surface area contributed by atoms with Gasteiger partial charge in [-0.1, -0.05) is 0 Å². The maximum atomic E-state index is 11.7. The smallest absolute Gasteiger partial charge is 0.312 e. The zero-order valence-corrected chi connectivity index (χ0v) is 10.9. The number of aliphatic carboxylic acids is 1. The van der Waals surface area contributed by atoms with Gasteiger partial charge in [0.15, 0.2) is 0 Å². The van der Waals surface area contributed by atoms with Crippen LogP contribution in [0.3, 0.4) is 0 Å². The molecule has 4 nitrogen and oxygen atoms in total. The highest BCUT2D eigenvalue weighted by Crippen LogP contribution is 2.46. The number of hydrogen-bond acceptors (Lipinski definition) is 3. The van der Waals surface area contributed by atoms with Crippen LogP contribution in [0, 0.1) is 11.3 Å². The third kappa shape index (κ3) is 2.69. The van der Waals surface area contributed by atoms with Crippen molar-refractivity contribution in [3.05, 3.63) is 5.92 Å². The molecule has 1 atom stereocenters. The Morgan fingerprint density at radius 2 is 2.06 bits per heavy atom. The molecule has 1 heterocycles. The van der Waals surface area contributed by atoms with Gasteiger partial charge in [0.2, 0.25) is 0 Å². The standard InChI is InChI=1S/C14H23O4/c15-9-6-11-4-7-14(8-5-11,13(16)17)12-3-1-2-10-18-12/h12,15H,1-10H2,(H,16,17)/t12-/m0/s1. The summed E-state index contributed by atoms with van der Waals surface area (Å²) in [4.78, 5) is 11.7. The van der Waals surface area contributed by atoms with Gasteiger partial charge < -0.3 is 14.9 Å². The fourth-order valence-electron chi connectivity index (χ4n) is 3.31. The molecule has 0 aromatic heterocycles. The van der Waals surface area contributed by atoms with Gasteiger partial charge >= 0.3 is 5.97 Å². The number of rotatable bonds is 4. The lowest BCUT2D eigenvalue weighted by Gasteiger charge is -2.43. The predicted molar refractivity (Wildman–Crippen MR) is 67.1 cm³/mol. The summed E-state index contributed by atoms with van der Waals surface area (Å²) < 4.78 is 5.74. The van der Waals surface area contributed by atoms with Gasteiger partial charge in [-0.05, 0) is 57.3 Å². The molecule has 2 N–H and O–H groups in total. The molecule has 2 rings (SSSR count). The van der Waals surface area contributed by atoms with E-state index < -0.39 is 11.4 Å². The van der Waals surface area contributed by atoms with E-state index in [1.54, 1.807) is 0 Å². The first-order chi connectivity index (χ1) is 8.69. The van der Waals surface area contributed by atoms with E-state index in [0.717, 1.165) is 38.5 Å². The predicted octanol–water partition coefficient (Wildman–Crippen LogP) is 2.16. The van der Waals surface area contributed by atoms with Crippen molar-refractivity contribution in [2.75, 3.05) is 13.2 Å². The molecule has 1 radical (unpaired) electrons. The van der Waals surface area contributed by atoms with Gasteiger partial charge in [0, 0.05) is 13.2 Å². The van der Waals surface area contributed by atoms with Crippen molar-refractivity contribution in [1.82, 2.24) is 0 Å². The van der Waals surface area contributed by atoms with Crippen LogP contribution in [0.5, 0.6) is 0 Å². The summed E-state index contributed by atoms with van der Waals surface area (Å²) in [6, 6.07) is 0. The molecule has 103 valence electrons. The fourth-order valence-corrected chi connectivity index (χ4v) is 3.31. The quantitative estimate of drug-likeness (QED) is 0.808. The Bertz CT molecular complexity index is 276. The summed E-state index contributed by atoms with van der Waals surface area (Å²) in [5.41, 5.74) is -0.681. The second-order valence-corrected chi connectivity index (χ2v) is 5.54. The third-order valence-corrected chi connectivity index (χ3v) is 4.54. The van der Waals surface area contributed by atoms with E-state index in [1.807, 2.05) is 0 Å². The number of carbonyl (C=O) groups is 1. The molecule has 0 amide bonds. The van der Waals surface area contributed by atoms with Crippen molar-refractivity contribution in [2.24, 2.45) is 5.41 Å². The largest absolute Gasteiger partial charge is 0.481 e. The Kier molecular flexibility index (Phi) is 4.62. The van der Waals surface area contributed by atoms with Gasteiger partial charge in [-0.15, -0.1) is 0 Å². The van der Waals surface area contributed by atoms with Crippen molar-refractivity contribution >= 4 is 5.97 Å². The van der Waals surface area contributed by atoms with Crippen LogP contribution >= 0.6 is 0 Å². The molecule has 1 saturated carbocycles. The molecule has 18 heavy (non-hydrogen) atoms. The molecule has 2 fully saturated rings. The first-order valence-corrected chi connectivity index (χ1v) is 6.98. The first-order valence-electron chi connectivity index (χ1n) is 6.98. The van der Waals surface area contributed by atoms with Crippen LogP contribution in [0.25, 0.3) is 0 Å². The lowest BCUT2D eigenvalue weighted by Crippen LogP contribution is -2.47. The monoisotopic (exact) mass is 255 g/mol. The van der Waals surface area contributed by atoms with Crippen LogP contribution in [0.15, 0.2) is 0 Å². The zero-order chi connectivity index (χ0) is 13.0. The SMILES string of the molecule is O=C(O)C1([C@@H]2CCCCO2)CC[C](CCO)CC1. The minimum absolute atomic E-state index is 0.112. The Balaban J connectivity index is 2.02. The molecule has 4 heteroatoms. The maximum Gasteiger partial charge on any atom is 0.312 e. The lowest BCUT2D eigenvalue weighted by atomic mass is 9.65. The second kappa shape index (κ2) is 6.02. The van der Waals surface area contributed by atoms with Crippen molar-refractivity contribution in [3.63, 3.8) is 0 Å². The van der Waals surface area contributed by atoms with Crippen LogP contribution in [-0.2, 0) is 9.53 Å². The van der Waals surface area contributed by atoms with Crippen LogP contribution in [0.1, 0.15) is 51.4 Å². The summed E-state index contributed by atoms with van der Waals surface area (Å²) in [6.45, 7) is 0.877. The van der Waals surface area contributed by atoms with Crippen molar-refractivity contribution in [3.8, 4) is 0 Å². The topological polar surface area (TPSA) is 66.8 Å². The molecule has 0 aromatic carbocycles. The van der Waals surface area contributed by atoms with E-state index in [1.165, 1.54) is 5.92 Å². The number of aliphatic hydroxyl groups is 1. The highest BCUT2D eigenvalue weighted by molar-refractivity contribution is 5.75. The van der Waals surface area contributed by atoms with Crippen LogP contribution < -0.4 is 0 Å². The van der Waals surface area contributed by atoms with Gasteiger partial charge in [0.05, 0.1) is 11.5 Å². The fraction of sp³-hybridized carbons (Fsp3) is 0.857. The molecule has 1 saturated heterocycles. The highest BCUT2D eigenvalue weighted by atomic mass is 16.5. The summed E-state index contributed by atoms with van der Waals surface area (Å²) >= 11 is 0. The van der Waals surface area contributed by atoms with Crippen LogP contribution in [0.4, 0.5) is 0 Å². The average molecular weight is 255 g/mol. The zero-order valence-electron chi connectivity index (χ0n) is 10.9. The minimum Gasteiger partial charge on any atom is -0.481 e. The number of carboxylic acids is 1. The number of aliphatic hydroxyl groups excluding tert-OH is 1. The molecule has 1 aliphatic heterocycles. The molecule has 0 spiro atoms. The molecular weight excluding hydrogens is 232 g/mol. The van der Waals surface area contributed by atoms with Gasteiger partial charge in [0.1, 0.15) is 0 Å². The third-order valence-electron chi connectivity index (χ3n) is 4.54. The molecular formula is C14H23O4. The van der Waals surface area contributed by atoms with Crippen molar-refractivity contribution in [1.29, 1.82) is 0 Å². The lowest BCUT2D eigenvalue weighted by molar-refractivity contribution is -0.167. The molecule has 1 aliphatic carbocycles. The molecule has 2 aliphatic rings. The summed E-state index contributed by atoms with van der Waals surface area (Å²) in [5, 5.41) is 18.6. The number of carboxylic acid groups (broad SMARTS) is 1. The number of hydrogen-bond donors (Lipinski definition) is 2. The Hall–Kier alpha value is -0.610. The summed E-state index contributed by atoms with van der Waals surface area (Å²) in [5.74, 6) is 0.614. The van der Waals surface area contributed by atoms with E-state index >= 15 is 0 Å². The maximum absolute atomic E-state index is 11.7. The number of ether oxygens (including phenoxy) is 1. The minimum atomic E-state index is -0.697. The molecule has 0 aromatic rings. The van der Waals surface area contributed by atoms with Crippen molar-refractivity contribution < 1.29 is 19.7 Å². The van der Waals surface area contributed by atoms with E-state index in [0.29, 0.717) is 19.4 Å². The normalized spacial score (nSPS) is 29.1. The summed E-state index contributed by atoms with van der Waals surface area (Å²) in [6.07, 6.45) is 6.60. The Morgan fingerprint density at radius 1 is 1.33 bits per heavy atom. The van der Waals surface area contributed by atoms with E-state index in [2.05, 4.69) is 0 Å².